The van der Waals surface area contributed by atoms with Crippen LogP contribution in [-0.2, 0) is 4.79 Å². The molecule has 0 spiro atoms. The minimum atomic E-state index is -0.0669. The lowest BCUT2D eigenvalue weighted by Gasteiger charge is -2.14. The molecule has 3 rings (SSSR count). The number of pyridine rings is 1. The number of hydrogen-bond donors (Lipinski definition) is 1. The maximum absolute atomic E-state index is 12.3. The van der Waals surface area contributed by atoms with E-state index >= 15 is 0 Å². The fourth-order valence-electron chi connectivity index (χ4n) is 2.91. The van der Waals surface area contributed by atoms with Crippen molar-refractivity contribution in [1.82, 2.24) is 9.88 Å². The van der Waals surface area contributed by atoms with Gasteiger partial charge in [0.15, 0.2) is 0 Å². The van der Waals surface area contributed by atoms with Gasteiger partial charge in [-0.1, -0.05) is 23.9 Å². The Morgan fingerprint density at radius 1 is 1.15 bits per heavy atom. The highest BCUT2D eigenvalue weighted by atomic mass is 32.2. The molecule has 0 bridgehead atoms. The van der Waals surface area contributed by atoms with Crippen LogP contribution in [0, 0.1) is 13.8 Å². The minimum absolute atomic E-state index is 0.0409. The summed E-state index contributed by atoms with van der Waals surface area (Å²) in [6, 6.07) is 9.46. The Labute approximate surface area is 158 Å². The van der Waals surface area contributed by atoms with Gasteiger partial charge in [-0.2, -0.15) is 0 Å². The van der Waals surface area contributed by atoms with Crippen molar-refractivity contribution in [1.29, 1.82) is 0 Å². The molecule has 0 saturated carbocycles. The zero-order valence-electron chi connectivity index (χ0n) is 15.1. The van der Waals surface area contributed by atoms with Crippen LogP contribution >= 0.6 is 11.8 Å². The molecule has 1 aromatic heterocycles. The first-order valence-corrected chi connectivity index (χ1v) is 9.77. The van der Waals surface area contributed by atoms with Crippen molar-refractivity contribution in [3.8, 4) is 0 Å². The Hall–Kier alpha value is -2.34. The third-order valence-electron chi connectivity index (χ3n) is 4.61. The molecule has 1 saturated heterocycles. The number of amides is 2. The van der Waals surface area contributed by atoms with Crippen molar-refractivity contribution in [3.63, 3.8) is 0 Å². The van der Waals surface area contributed by atoms with E-state index in [2.05, 4.69) is 10.3 Å². The molecule has 2 aromatic rings. The molecule has 0 unspecified atom stereocenters. The molecule has 26 heavy (non-hydrogen) atoms. The molecule has 5 nitrogen and oxygen atoms in total. The molecule has 136 valence electrons. The topological polar surface area (TPSA) is 62.3 Å². The number of anilines is 1. The summed E-state index contributed by atoms with van der Waals surface area (Å²) in [4.78, 5) is 30.7. The maximum Gasteiger partial charge on any atom is 0.255 e. The summed E-state index contributed by atoms with van der Waals surface area (Å²) < 4.78 is 0. The predicted octanol–water partition coefficient (Wildman–Crippen LogP) is 3.67. The van der Waals surface area contributed by atoms with E-state index in [1.165, 1.54) is 11.8 Å². The van der Waals surface area contributed by atoms with Crippen LogP contribution in [0.1, 0.15) is 34.3 Å². The van der Waals surface area contributed by atoms with Gasteiger partial charge in [0.2, 0.25) is 5.91 Å². The maximum atomic E-state index is 12.3. The second-order valence-corrected chi connectivity index (χ2v) is 7.46. The van der Waals surface area contributed by atoms with Crippen molar-refractivity contribution < 1.29 is 9.59 Å². The lowest BCUT2D eigenvalue weighted by atomic mass is 10.1. The van der Waals surface area contributed by atoms with Gasteiger partial charge in [0.05, 0.1) is 16.3 Å². The Morgan fingerprint density at radius 3 is 2.62 bits per heavy atom. The molecule has 1 fully saturated rings. The fourth-order valence-corrected chi connectivity index (χ4v) is 3.55. The molecule has 0 atom stereocenters. The van der Waals surface area contributed by atoms with Crippen LogP contribution in [-0.4, -0.2) is 40.5 Å². The van der Waals surface area contributed by atoms with Gasteiger partial charge >= 0.3 is 0 Å². The Kier molecular flexibility index (Phi) is 5.93. The number of rotatable bonds is 5. The van der Waals surface area contributed by atoms with Gasteiger partial charge in [-0.05, 0) is 56.0 Å². The molecule has 0 radical (unpaired) electrons. The summed E-state index contributed by atoms with van der Waals surface area (Å²) in [5, 5.41) is 3.67. The van der Waals surface area contributed by atoms with Gasteiger partial charge in [-0.3, -0.25) is 9.59 Å². The molecule has 2 amide bonds. The predicted molar refractivity (Wildman–Crippen MR) is 105 cm³/mol. The van der Waals surface area contributed by atoms with E-state index < -0.39 is 0 Å². The largest absolute Gasteiger partial charge is 0.339 e. The number of hydrogen-bond acceptors (Lipinski definition) is 4. The monoisotopic (exact) mass is 369 g/mol. The highest BCUT2D eigenvalue weighted by molar-refractivity contribution is 7.99. The Balaban J connectivity index is 1.53. The van der Waals surface area contributed by atoms with Crippen molar-refractivity contribution in [2.75, 3.05) is 24.2 Å². The van der Waals surface area contributed by atoms with Crippen LogP contribution in [0.4, 0.5) is 5.69 Å². The van der Waals surface area contributed by atoms with Gasteiger partial charge in [0.1, 0.15) is 0 Å². The number of carbonyl (C=O) groups is 2. The zero-order chi connectivity index (χ0) is 18.5. The minimum Gasteiger partial charge on any atom is -0.339 e. The Morgan fingerprint density at radius 2 is 1.92 bits per heavy atom. The molecule has 0 aliphatic carbocycles. The average Bonchev–Trinajstić information content (AvgIpc) is 3.18. The van der Waals surface area contributed by atoms with Crippen LogP contribution in [0.15, 0.2) is 41.6 Å². The van der Waals surface area contributed by atoms with Crippen LogP contribution in [0.2, 0.25) is 0 Å². The fraction of sp³-hybridized carbons (Fsp3) is 0.350. The van der Waals surface area contributed by atoms with Crippen LogP contribution in [0.3, 0.4) is 0 Å². The molecule has 2 heterocycles. The van der Waals surface area contributed by atoms with E-state index in [-0.39, 0.29) is 17.6 Å². The highest BCUT2D eigenvalue weighted by Gasteiger charge is 2.19. The zero-order valence-corrected chi connectivity index (χ0v) is 15.9. The van der Waals surface area contributed by atoms with Crippen molar-refractivity contribution in [3.05, 3.63) is 53.2 Å². The molecule has 1 aliphatic rings. The molecule has 1 aromatic carbocycles. The van der Waals surface area contributed by atoms with Crippen molar-refractivity contribution >= 4 is 29.3 Å². The average molecular weight is 369 g/mol. The summed E-state index contributed by atoms with van der Waals surface area (Å²) in [5.74, 6) is 0.252. The highest BCUT2D eigenvalue weighted by Crippen LogP contribution is 2.20. The van der Waals surface area contributed by atoms with Crippen LogP contribution in [0.25, 0.3) is 0 Å². The van der Waals surface area contributed by atoms with Gasteiger partial charge in [-0.15, -0.1) is 0 Å². The third-order valence-corrected chi connectivity index (χ3v) is 5.55. The van der Waals surface area contributed by atoms with E-state index in [1.807, 2.05) is 36.9 Å². The van der Waals surface area contributed by atoms with E-state index in [1.54, 1.807) is 18.3 Å². The van der Waals surface area contributed by atoms with Crippen LogP contribution < -0.4 is 5.32 Å². The van der Waals surface area contributed by atoms with E-state index in [0.29, 0.717) is 5.56 Å². The second-order valence-electron chi connectivity index (χ2n) is 6.47. The molecule has 6 heteroatoms. The summed E-state index contributed by atoms with van der Waals surface area (Å²) in [5.41, 5.74) is 3.68. The lowest BCUT2D eigenvalue weighted by molar-refractivity contribution is -0.113. The first-order chi connectivity index (χ1) is 12.5. The third kappa shape index (κ3) is 4.43. The van der Waals surface area contributed by atoms with Gasteiger partial charge in [0.25, 0.3) is 5.91 Å². The standard InChI is InChI=1S/C20H23N3O2S/c1-14-6-5-7-17(15(14)2)22-18(24)13-26-19-9-8-16(12-21-19)20(25)23-10-3-4-11-23/h5-9,12H,3-4,10-11,13H2,1-2H3,(H,22,24). The van der Waals surface area contributed by atoms with E-state index in [9.17, 15) is 9.59 Å². The quantitative estimate of drug-likeness (QED) is 0.817. The first kappa shape index (κ1) is 18.5. The van der Waals surface area contributed by atoms with E-state index in [0.717, 1.165) is 47.8 Å². The summed E-state index contributed by atoms with van der Waals surface area (Å²) in [6.07, 6.45) is 3.75. The van der Waals surface area contributed by atoms with Crippen molar-refractivity contribution in [2.24, 2.45) is 0 Å². The number of nitrogens with one attached hydrogen (secondary N) is 1. The lowest BCUT2D eigenvalue weighted by Crippen LogP contribution is -2.27. The Bertz CT molecular complexity index is 799. The number of carbonyl (C=O) groups excluding carboxylic acids is 2. The smallest absolute Gasteiger partial charge is 0.255 e. The summed E-state index contributed by atoms with van der Waals surface area (Å²) >= 11 is 1.36. The molecular formula is C20H23N3O2S. The number of thioether (sulfide) groups is 1. The molecule has 1 aliphatic heterocycles. The summed E-state index contributed by atoms with van der Waals surface area (Å²) in [6.45, 7) is 5.67. The van der Waals surface area contributed by atoms with Gasteiger partial charge < -0.3 is 10.2 Å². The first-order valence-electron chi connectivity index (χ1n) is 8.79. The van der Waals surface area contributed by atoms with Crippen LogP contribution in [0.5, 0.6) is 0 Å². The van der Waals surface area contributed by atoms with Gasteiger partial charge in [0, 0.05) is 25.0 Å². The number of nitrogens with zero attached hydrogens (tertiary/aromatic N) is 2. The van der Waals surface area contributed by atoms with Crippen molar-refractivity contribution in [2.45, 2.75) is 31.7 Å². The van der Waals surface area contributed by atoms with E-state index in [4.69, 9.17) is 0 Å². The SMILES string of the molecule is Cc1cccc(NC(=O)CSc2ccc(C(=O)N3CCCC3)cn2)c1C. The number of aromatic nitrogens is 1. The van der Waals surface area contributed by atoms with Gasteiger partial charge in [-0.25, -0.2) is 4.98 Å². The summed E-state index contributed by atoms with van der Waals surface area (Å²) in [7, 11) is 0. The molecular weight excluding hydrogens is 346 g/mol. The number of likely N-dealkylation sites (tertiary alicyclic amines) is 1. The second kappa shape index (κ2) is 8.36. The normalized spacial score (nSPS) is 13.7. The molecule has 1 N–H and O–H groups in total. The number of aryl methyl sites for hydroxylation is 1. The number of benzene rings is 1.